The molecule has 1 aliphatic rings. The normalized spacial score (nSPS) is 16.6. The molecule has 1 aliphatic heterocycles. The minimum atomic E-state index is -0.459. The molecule has 116 valence electrons. The van der Waals surface area contributed by atoms with Crippen molar-refractivity contribution in [1.29, 1.82) is 0 Å². The molecule has 0 unspecified atom stereocenters. The van der Waals surface area contributed by atoms with Crippen LogP contribution in [0.1, 0.15) is 16.8 Å². The first kappa shape index (κ1) is 15.7. The Morgan fingerprint density at radius 3 is 2.86 bits per heavy atom. The number of ether oxygens (including phenoxy) is 1. The standard InChI is InChI=1S/C15H22FN3O2/c1-21-14-11-12(3-4-13(14)16)15(20)19-7-2-6-18(8-5-17)9-10-19/h3-4,11H,2,5-10,17H2,1H3. The summed E-state index contributed by atoms with van der Waals surface area (Å²) in [6.45, 7) is 4.63. The van der Waals surface area contributed by atoms with Gasteiger partial charge in [0, 0.05) is 38.3 Å². The van der Waals surface area contributed by atoms with Gasteiger partial charge < -0.3 is 20.3 Å². The van der Waals surface area contributed by atoms with Crippen molar-refractivity contribution in [2.45, 2.75) is 6.42 Å². The second-order valence-electron chi connectivity index (χ2n) is 5.13. The van der Waals surface area contributed by atoms with E-state index in [0.29, 0.717) is 25.2 Å². The lowest BCUT2D eigenvalue weighted by molar-refractivity contribution is 0.0761. The van der Waals surface area contributed by atoms with Crippen molar-refractivity contribution in [3.8, 4) is 5.75 Å². The number of benzene rings is 1. The Morgan fingerprint density at radius 1 is 1.33 bits per heavy atom. The van der Waals surface area contributed by atoms with Gasteiger partial charge in [-0.2, -0.15) is 0 Å². The van der Waals surface area contributed by atoms with E-state index in [1.165, 1.54) is 25.3 Å². The molecule has 21 heavy (non-hydrogen) atoms. The van der Waals surface area contributed by atoms with Crippen LogP contribution in [0.25, 0.3) is 0 Å². The number of halogens is 1. The Bertz CT molecular complexity index is 496. The minimum Gasteiger partial charge on any atom is -0.494 e. The molecule has 2 rings (SSSR count). The Kier molecular flexibility index (Phi) is 5.52. The molecule has 1 saturated heterocycles. The zero-order valence-electron chi connectivity index (χ0n) is 12.3. The lowest BCUT2D eigenvalue weighted by Crippen LogP contribution is -2.36. The molecule has 1 aromatic carbocycles. The summed E-state index contributed by atoms with van der Waals surface area (Å²) in [5.74, 6) is -0.442. The van der Waals surface area contributed by atoms with Crippen LogP contribution in [0.15, 0.2) is 18.2 Å². The van der Waals surface area contributed by atoms with Crippen molar-refractivity contribution in [3.63, 3.8) is 0 Å². The summed E-state index contributed by atoms with van der Waals surface area (Å²) in [6, 6.07) is 4.23. The summed E-state index contributed by atoms with van der Waals surface area (Å²) in [4.78, 5) is 16.6. The highest BCUT2D eigenvalue weighted by Gasteiger charge is 2.20. The highest BCUT2D eigenvalue weighted by Crippen LogP contribution is 2.19. The van der Waals surface area contributed by atoms with Crippen LogP contribution in [0.5, 0.6) is 5.75 Å². The third-order valence-electron chi connectivity index (χ3n) is 3.72. The Morgan fingerprint density at radius 2 is 2.14 bits per heavy atom. The van der Waals surface area contributed by atoms with E-state index in [-0.39, 0.29) is 11.7 Å². The molecule has 1 heterocycles. The summed E-state index contributed by atoms with van der Waals surface area (Å²) < 4.78 is 18.3. The highest BCUT2D eigenvalue weighted by molar-refractivity contribution is 5.94. The smallest absolute Gasteiger partial charge is 0.254 e. The maximum atomic E-state index is 13.4. The van der Waals surface area contributed by atoms with Crippen LogP contribution in [-0.2, 0) is 0 Å². The Balaban J connectivity index is 2.06. The van der Waals surface area contributed by atoms with E-state index in [2.05, 4.69) is 4.90 Å². The van der Waals surface area contributed by atoms with Gasteiger partial charge in [0.15, 0.2) is 11.6 Å². The maximum absolute atomic E-state index is 13.4. The molecule has 0 saturated carbocycles. The van der Waals surface area contributed by atoms with Gasteiger partial charge in [0.1, 0.15) is 0 Å². The predicted octanol–water partition coefficient (Wildman–Crippen LogP) is 0.941. The number of hydrogen-bond donors (Lipinski definition) is 1. The molecular formula is C15H22FN3O2. The van der Waals surface area contributed by atoms with Crippen molar-refractivity contribution >= 4 is 5.91 Å². The van der Waals surface area contributed by atoms with Gasteiger partial charge in [0.05, 0.1) is 7.11 Å². The first-order valence-corrected chi connectivity index (χ1v) is 7.21. The van der Waals surface area contributed by atoms with Crippen molar-refractivity contribution in [2.75, 3.05) is 46.4 Å². The third kappa shape index (κ3) is 3.92. The molecule has 1 amide bonds. The first-order valence-electron chi connectivity index (χ1n) is 7.21. The van der Waals surface area contributed by atoms with Crippen molar-refractivity contribution in [3.05, 3.63) is 29.6 Å². The number of amides is 1. The largest absolute Gasteiger partial charge is 0.494 e. The van der Waals surface area contributed by atoms with E-state index < -0.39 is 5.82 Å². The fourth-order valence-electron chi connectivity index (χ4n) is 2.56. The lowest BCUT2D eigenvalue weighted by atomic mass is 10.1. The molecule has 1 aromatic rings. The topological polar surface area (TPSA) is 58.8 Å². The molecule has 6 heteroatoms. The fourth-order valence-corrected chi connectivity index (χ4v) is 2.56. The van der Waals surface area contributed by atoms with Gasteiger partial charge in [0.25, 0.3) is 5.91 Å². The summed E-state index contributed by atoms with van der Waals surface area (Å²) >= 11 is 0. The van der Waals surface area contributed by atoms with E-state index in [9.17, 15) is 9.18 Å². The average molecular weight is 295 g/mol. The molecule has 0 aliphatic carbocycles. The predicted molar refractivity (Wildman–Crippen MR) is 79.0 cm³/mol. The van der Waals surface area contributed by atoms with Crippen molar-refractivity contribution in [2.24, 2.45) is 5.73 Å². The highest BCUT2D eigenvalue weighted by atomic mass is 19.1. The molecule has 0 atom stereocenters. The second kappa shape index (κ2) is 7.38. The van der Waals surface area contributed by atoms with Crippen LogP contribution < -0.4 is 10.5 Å². The summed E-state index contributed by atoms with van der Waals surface area (Å²) in [6.07, 6.45) is 0.921. The maximum Gasteiger partial charge on any atom is 0.254 e. The molecule has 5 nitrogen and oxygen atoms in total. The molecule has 0 spiro atoms. The SMILES string of the molecule is COc1cc(C(=O)N2CCCN(CCN)CC2)ccc1F. The van der Waals surface area contributed by atoms with E-state index in [4.69, 9.17) is 10.5 Å². The number of nitrogens with two attached hydrogens (primary N) is 1. The van der Waals surface area contributed by atoms with Crippen LogP contribution in [0.3, 0.4) is 0 Å². The van der Waals surface area contributed by atoms with Gasteiger partial charge >= 0.3 is 0 Å². The van der Waals surface area contributed by atoms with Gasteiger partial charge in [-0.15, -0.1) is 0 Å². The number of nitrogens with zero attached hydrogens (tertiary/aromatic N) is 2. The average Bonchev–Trinajstić information content (AvgIpc) is 2.73. The van der Waals surface area contributed by atoms with Gasteiger partial charge in [-0.1, -0.05) is 0 Å². The lowest BCUT2D eigenvalue weighted by Gasteiger charge is -2.22. The zero-order valence-corrected chi connectivity index (χ0v) is 12.3. The summed E-state index contributed by atoms with van der Waals surface area (Å²) in [7, 11) is 1.39. The molecule has 0 aromatic heterocycles. The molecule has 1 fully saturated rings. The van der Waals surface area contributed by atoms with E-state index >= 15 is 0 Å². The number of hydrogen-bond acceptors (Lipinski definition) is 4. The summed E-state index contributed by atoms with van der Waals surface area (Å²) in [5.41, 5.74) is 6.03. The van der Waals surface area contributed by atoms with Crippen molar-refractivity contribution < 1.29 is 13.9 Å². The monoisotopic (exact) mass is 295 g/mol. The number of methoxy groups -OCH3 is 1. The van der Waals surface area contributed by atoms with Gasteiger partial charge in [-0.25, -0.2) is 4.39 Å². The second-order valence-corrected chi connectivity index (χ2v) is 5.13. The van der Waals surface area contributed by atoms with Crippen LogP contribution in [0, 0.1) is 5.82 Å². The quantitative estimate of drug-likeness (QED) is 0.898. The van der Waals surface area contributed by atoms with Gasteiger partial charge in [-0.3, -0.25) is 4.79 Å². The third-order valence-corrected chi connectivity index (χ3v) is 3.72. The molecular weight excluding hydrogens is 273 g/mol. The van der Waals surface area contributed by atoms with Crippen LogP contribution in [0.2, 0.25) is 0 Å². The Hall–Kier alpha value is -1.66. The summed E-state index contributed by atoms with van der Waals surface area (Å²) in [5, 5.41) is 0. The molecule has 0 radical (unpaired) electrons. The van der Waals surface area contributed by atoms with Gasteiger partial charge in [-0.05, 0) is 31.2 Å². The zero-order chi connectivity index (χ0) is 15.2. The van der Waals surface area contributed by atoms with E-state index in [1.54, 1.807) is 0 Å². The van der Waals surface area contributed by atoms with Crippen LogP contribution >= 0.6 is 0 Å². The van der Waals surface area contributed by atoms with E-state index in [0.717, 1.165) is 26.1 Å². The Labute approximate surface area is 124 Å². The fraction of sp³-hybridized carbons (Fsp3) is 0.533. The molecule has 0 bridgehead atoms. The molecule has 2 N–H and O–H groups in total. The van der Waals surface area contributed by atoms with E-state index in [1.807, 2.05) is 4.90 Å². The van der Waals surface area contributed by atoms with Gasteiger partial charge in [0.2, 0.25) is 0 Å². The number of carbonyl (C=O) groups excluding carboxylic acids is 1. The minimum absolute atomic E-state index is 0.0806. The first-order chi connectivity index (χ1) is 10.2. The van der Waals surface area contributed by atoms with Crippen LogP contribution in [-0.4, -0.2) is 62.1 Å². The number of carbonyl (C=O) groups is 1. The number of rotatable bonds is 4. The van der Waals surface area contributed by atoms with Crippen molar-refractivity contribution in [1.82, 2.24) is 9.80 Å². The van der Waals surface area contributed by atoms with Crippen LogP contribution in [0.4, 0.5) is 4.39 Å².